The molecule has 3 nitrogen and oxygen atoms in total. The van der Waals surface area contributed by atoms with Crippen LogP contribution in [0.4, 0.5) is 0 Å². The van der Waals surface area contributed by atoms with Crippen molar-refractivity contribution in [3.63, 3.8) is 0 Å². The predicted octanol–water partition coefficient (Wildman–Crippen LogP) is 2.08. The Bertz CT molecular complexity index is 331. The topological polar surface area (TPSA) is 41.5 Å². The summed E-state index contributed by atoms with van der Waals surface area (Å²) in [6.07, 6.45) is 0.711. The second-order valence-electron chi connectivity index (χ2n) is 2.99. The minimum atomic E-state index is -0.0402. The molecule has 0 amide bonds. The number of aliphatic hydroxyl groups is 1. The Balaban J connectivity index is 2.76. The number of halogens is 2. The highest BCUT2D eigenvalue weighted by Crippen LogP contribution is 2.30. The zero-order valence-corrected chi connectivity index (χ0v) is 9.90. The summed E-state index contributed by atoms with van der Waals surface area (Å²) in [5.74, 6) is 0.570. The molecule has 0 atom stereocenters. The van der Waals surface area contributed by atoms with Crippen molar-refractivity contribution in [1.82, 2.24) is 5.32 Å². The van der Waals surface area contributed by atoms with Crippen LogP contribution in [0.1, 0.15) is 5.56 Å². The summed E-state index contributed by atoms with van der Waals surface area (Å²) < 4.78 is 5.03. The third-order valence-corrected chi connectivity index (χ3v) is 2.65. The quantitative estimate of drug-likeness (QED) is 0.621. The van der Waals surface area contributed by atoms with Crippen LogP contribution >= 0.6 is 23.2 Å². The van der Waals surface area contributed by atoms with E-state index >= 15 is 0 Å². The Kier molecular flexibility index (Phi) is 5.19. The molecule has 0 aliphatic heterocycles. The van der Waals surface area contributed by atoms with Crippen LogP contribution < -0.4 is 10.1 Å². The first-order valence-electron chi connectivity index (χ1n) is 4.52. The predicted molar refractivity (Wildman–Crippen MR) is 61.8 cm³/mol. The number of benzene rings is 1. The van der Waals surface area contributed by atoms with Gasteiger partial charge in [0.2, 0.25) is 0 Å². The van der Waals surface area contributed by atoms with Gasteiger partial charge in [0.25, 0.3) is 0 Å². The van der Waals surface area contributed by atoms with E-state index in [2.05, 4.69) is 5.32 Å². The molecule has 0 heterocycles. The van der Waals surface area contributed by atoms with Gasteiger partial charge in [-0.1, -0.05) is 23.2 Å². The highest BCUT2D eigenvalue weighted by Gasteiger charge is 2.07. The summed E-state index contributed by atoms with van der Waals surface area (Å²) >= 11 is 12.0. The molecule has 1 aromatic rings. The number of hydrogen-bond acceptors (Lipinski definition) is 3. The molecule has 0 aliphatic carbocycles. The third-order valence-electron chi connectivity index (χ3n) is 2.00. The number of rotatable bonds is 5. The van der Waals surface area contributed by atoms with E-state index in [1.165, 1.54) is 0 Å². The number of methoxy groups -OCH3 is 1. The molecule has 0 spiro atoms. The summed E-state index contributed by atoms with van der Waals surface area (Å²) in [5.41, 5.74) is 0.934. The Labute approximate surface area is 99.0 Å². The van der Waals surface area contributed by atoms with Gasteiger partial charge in [0.15, 0.2) is 0 Å². The minimum absolute atomic E-state index is 0.0402. The number of aliphatic hydroxyl groups excluding tert-OH is 1. The zero-order chi connectivity index (χ0) is 11.3. The van der Waals surface area contributed by atoms with Crippen LogP contribution in [-0.2, 0) is 6.42 Å². The SMILES string of the molecule is COc1cc(Cl)c(CCNCO)cc1Cl. The Morgan fingerprint density at radius 2 is 2.07 bits per heavy atom. The highest BCUT2D eigenvalue weighted by atomic mass is 35.5. The number of nitrogens with one attached hydrogen (secondary N) is 1. The molecule has 15 heavy (non-hydrogen) atoms. The molecule has 1 aromatic carbocycles. The molecular weight excluding hydrogens is 237 g/mol. The average molecular weight is 250 g/mol. The number of hydrogen-bond donors (Lipinski definition) is 2. The van der Waals surface area contributed by atoms with Gasteiger partial charge in [-0.2, -0.15) is 0 Å². The fraction of sp³-hybridized carbons (Fsp3) is 0.400. The van der Waals surface area contributed by atoms with Gasteiger partial charge in [-0.3, -0.25) is 5.32 Å². The summed E-state index contributed by atoms with van der Waals surface area (Å²) in [5, 5.41) is 12.5. The van der Waals surface area contributed by atoms with Gasteiger partial charge in [-0.15, -0.1) is 0 Å². The first kappa shape index (κ1) is 12.6. The van der Waals surface area contributed by atoms with Crippen LogP contribution in [0.5, 0.6) is 5.75 Å². The van der Waals surface area contributed by atoms with E-state index in [4.69, 9.17) is 33.0 Å². The molecule has 2 N–H and O–H groups in total. The lowest BCUT2D eigenvalue weighted by Gasteiger charge is -2.08. The molecule has 84 valence electrons. The number of ether oxygens (including phenoxy) is 1. The normalized spacial score (nSPS) is 10.4. The molecule has 0 saturated heterocycles. The molecule has 0 fully saturated rings. The second kappa shape index (κ2) is 6.18. The van der Waals surface area contributed by atoms with Gasteiger partial charge in [-0.25, -0.2) is 0 Å². The maximum Gasteiger partial charge on any atom is 0.138 e. The van der Waals surface area contributed by atoms with Crippen molar-refractivity contribution in [3.8, 4) is 5.75 Å². The lowest BCUT2D eigenvalue weighted by molar-refractivity contribution is 0.262. The highest BCUT2D eigenvalue weighted by molar-refractivity contribution is 6.34. The Morgan fingerprint density at radius 1 is 1.33 bits per heavy atom. The lowest BCUT2D eigenvalue weighted by Crippen LogP contribution is -2.17. The molecule has 0 aliphatic rings. The van der Waals surface area contributed by atoms with Gasteiger partial charge >= 0.3 is 0 Å². The van der Waals surface area contributed by atoms with Gasteiger partial charge in [0.05, 0.1) is 18.9 Å². The van der Waals surface area contributed by atoms with Crippen LogP contribution in [0.3, 0.4) is 0 Å². The monoisotopic (exact) mass is 249 g/mol. The Hall–Kier alpha value is -0.480. The van der Waals surface area contributed by atoms with E-state index in [1.807, 2.05) is 0 Å². The molecule has 0 unspecified atom stereocenters. The van der Waals surface area contributed by atoms with Crippen molar-refractivity contribution in [2.75, 3.05) is 20.4 Å². The van der Waals surface area contributed by atoms with Crippen molar-refractivity contribution in [2.24, 2.45) is 0 Å². The van der Waals surface area contributed by atoms with Gasteiger partial charge in [-0.05, 0) is 18.1 Å². The van der Waals surface area contributed by atoms with Crippen molar-refractivity contribution in [2.45, 2.75) is 6.42 Å². The summed E-state index contributed by atoms with van der Waals surface area (Å²) in [6, 6.07) is 3.47. The average Bonchev–Trinajstić information content (AvgIpc) is 2.23. The molecular formula is C10H13Cl2NO2. The van der Waals surface area contributed by atoms with E-state index in [0.29, 0.717) is 28.8 Å². The summed E-state index contributed by atoms with van der Waals surface area (Å²) in [7, 11) is 1.55. The van der Waals surface area contributed by atoms with Crippen LogP contribution in [0.15, 0.2) is 12.1 Å². The van der Waals surface area contributed by atoms with Crippen molar-refractivity contribution >= 4 is 23.2 Å². The fourth-order valence-corrected chi connectivity index (χ4v) is 1.73. The van der Waals surface area contributed by atoms with Gasteiger partial charge in [0.1, 0.15) is 5.75 Å². The fourth-order valence-electron chi connectivity index (χ4n) is 1.22. The minimum Gasteiger partial charge on any atom is -0.495 e. The third kappa shape index (κ3) is 3.54. The van der Waals surface area contributed by atoms with Crippen LogP contribution in [-0.4, -0.2) is 25.5 Å². The van der Waals surface area contributed by atoms with E-state index in [0.717, 1.165) is 5.56 Å². The zero-order valence-electron chi connectivity index (χ0n) is 8.39. The lowest BCUT2D eigenvalue weighted by atomic mass is 10.1. The van der Waals surface area contributed by atoms with Crippen molar-refractivity contribution in [1.29, 1.82) is 0 Å². The molecule has 0 saturated carbocycles. The molecule has 0 bridgehead atoms. The van der Waals surface area contributed by atoms with Gasteiger partial charge < -0.3 is 9.84 Å². The molecule has 0 aromatic heterocycles. The van der Waals surface area contributed by atoms with E-state index in [-0.39, 0.29) is 6.73 Å². The first-order valence-corrected chi connectivity index (χ1v) is 5.28. The molecule has 5 heteroatoms. The largest absolute Gasteiger partial charge is 0.495 e. The van der Waals surface area contributed by atoms with Gasteiger partial charge in [0, 0.05) is 17.6 Å². The Morgan fingerprint density at radius 3 is 2.67 bits per heavy atom. The van der Waals surface area contributed by atoms with Crippen LogP contribution in [0.25, 0.3) is 0 Å². The first-order chi connectivity index (χ1) is 7.19. The summed E-state index contributed by atoms with van der Waals surface area (Å²) in [4.78, 5) is 0. The second-order valence-corrected chi connectivity index (χ2v) is 3.80. The maximum absolute atomic E-state index is 8.56. The molecule has 1 rings (SSSR count). The maximum atomic E-state index is 8.56. The smallest absolute Gasteiger partial charge is 0.138 e. The molecule has 0 radical (unpaired) electrons. The van der Waals surface area contributed by atoms with E-state index in [1.54, 1.807) is 19.2 Å². The van der Waals surface area contributed by atoms with E-state index in [9.17, 15) is 0 Å². The standard InChI is InChI=1S/C10H13Cl2NO2/c1-15-10-5-8(11)7(4-9(10)12)2-3-13-6-14/h4-5,13-14H,2-3,6H2,1H3. The van der Waals surface area contributed by atoms with Crippen molar-refractivity contribution < 1.29 is 9.84 Å². The van der Waals surface area contributed by atoms with Crippen LogP contribution in [0.2, 0.25) is 10.0 Å². The summed E-state index contributed by atoms with van der Waals surface area (Å²) in [6.45, 7) is 0.611. The van der Waals surface area contributed by atoms with Crippen LogP contribution in [0, 0.1) is 0 Å². The van der Waals surface area contributed by atoms with Crippen molar-refractivity contribution in [3.05, 3.63) is 27.7 Å². The van der Waals surface area contributed by atoms with E-state index < -0.39 is 0 Å².